The molecule has 152 valence electrons. The van der Waals surface area contributed by atoms with Crippen LogP contribution in [0.25, 0.3) is 0 Å². The van der Waals surface area contributed by atoms with Crippen LogP contribution in [0, 0.1) is 13.8 Å². The summed E-state index contributed by atoms with van der Waals surface area (Å²) in [6.07, 6.45) is 5.20. The Hall–Kier alpha value is -2.64. The standard InChI is InChI=1S/C28H34O/c1-9-11-23-13-15-25(21(7)17-23)27(19(3)4)29-28(20(5)6)26-16-14-24(12-10-2)18-22(26)8/h9-10,13-18,27-28H,1-3,5,11-12H2,4,6-8H3. The minimum atomic E-state index is -0.193. The van der Waals surface area contributed by atoms with Gasteiger partial charge in [0.2, 0.25) is 0 Å². The van der Waals surface area contributed by atoms with Crippen LogP contribution in [0.15, 0.2) is 86.0 Å². The van der Waals surface area contributed by atoms with E-state index in [2.05, 4.69) is 76.6 Å². The highest BCUT2D eigenvalue weighted by atomic mass is 16.5. The van der Waals surface area contributed by atoms with Gasteiger partial charge in [-0.25, -0.2) is 0 Å². The lowest BCUT2D eigenvalue weighted by atomic mass is 9.93. The van der Waals surface area contributed by atoms with Crippen LogP contribution in [0.1, 0.15) is 59.4 Å². The van der Waals surface area contributed by atoms with Gasteiger partial charge < -0.3 is 4.74 Å². The summed E-state index contributed by atoms with van der Waals surface area (Å²) < 4.78 is 6.67. The predicted octanol–water partition coefficient (Wildman–Crippen LogP) is 7.71. The summed E-state index contributed by atoms with van der Waals surface area (Å²) in [7, 11) is 0. The number of rotatable bonds is 10. The van der Waals surface area contributed by atoms with E-state index in [1.165, 1.54) is 22.3 Å². The van der Waals surface area contributed by atoms with Crippen LogP contribution in [-0.2, 0) is 17.6 Å². The Bertz CT molecular complexity index is 840. The van der Waals surface area contributed by atoms with E-state index in [4.69, 9.17) is 4.74 Å². The molecule has 2 atom stereocenters. The smallest absolute Gasteiger partial charge is 0.105 e. The first-order valence-corrected chi connectivity index (χ1v) is 10.1. The fourth-order valence-corrected chi connectivity index (χ4v) is 3.70. The Morgan fingerprint density at radius 2 is 1.17 bits per heavy atom. The molecule has 1 heteroatoms. The number of benzene rings is 2. The van der Waals surface area contributed by atoms with Crippen molar-refractivity contribution in [1.29, 1.82) is 0 Å². The molecule has 0 heterocycles. The quantitative estimate of drug-likeness (QED) is 0.380. The second kappa shape index (κ2) is 10.2. The highest BCUT2D eigenvalue weighted by molar-refractivity contribution is 5.39. The second-order valence-corrected chi connectivity index (χ2v) is 7.96. The maximum absolute atomic E-state index is 6.67. The van der Waals surface area contributed by atoms with E-state index < -0.39 is 0 Å². The third-order valence-corrected chi connectivity index (χ3v) is 5.16. The average Bonchev–Trinajstić information content (AvgIpc) is 2.64. The van der Waals surface area contributed by atoms with Gasteiger partial charge >= 0.3 is 0 Å². The van der Waals surface area contributed by atoms with Gasteiger partial charge in [0.25, 0.3) is 0 Å². The van der Waals surface area contributed by atoms with Crippen molar-refractivity contribution in [3.63, 3.8) is 0 Å². The predicted molar refractivity (Wildman–Crippen MR) is 126 cm³/mol. The van der Waals surface area contributed by atoms with E-state index in [1.807, 2.05) is 26.0 Å². The first kappa shape index (κ1) is 22.6. The Labute approximate surface area is 177 Å². The van der Waals surface area contributed by atoms with Crippen LogP contribution < -0.4 is 0 Å². The minimum absolute atomic E-state index is 0.193. The van der Waals surface area contributed by atoms with Crippen LogP contribution in [0.5, 0.6) is 0 Å². The highest BCUT2D eigenvalue weighted by Gasteiger charge is 2.24. The second-order valence-electron chi connectivity index (χ2n) is 7.96. The molecule has 1 nitrogen and oxygen atoms in total. The molecule has 0 aliphatic heterocycles. The molecule has 0 aromatic heterocycles. The fraction of sp³-hybridized carbons (Fsp3) is 0.286. The third-order valence-electron chi connectivity index (χ3n) is 5.16. The Morgan fingerprint density at radius 3 is 1.45 bits per heavy atom. The molecule has 0 amide bonds. The van der Waals surface area contributed by atoms with E-state index in [-0.39, 0.29) is 12.2 Å². The average molecular weight is 387 g/mol. The maximum Gasteiger partial charge on any atom is 0.105 e. The molecule has 29 heavy (non-hydrogen) atoms. The van der Waals surface area contributed by atoms with E-state index >= 15 is 0 Å². The molecular weight excluding hydrogens is 352 g/mol. The van der Waals surface area contributed by atoms with E-state index in [0.717, 1.165) is 35.1 Å². The molecular formula is C28H34O. The normalized spacial score (nSPS) is 12.8. The van der Waals surface area contributed by atoms with E-state index in [1.54, 1.807) is 0 Å². The molecule has 0 bridgehead atoms. The summed E-state index contributed by atoms with van der Waals surface area (Å²) >= 11 is 0. The van der Waals surface area contributed by atoms with Gasteiger partial charge in [0, 0.05) is 0 Å². The third kappa shape index (κ3) is 5.68. The van der Waals surface area contributed by atoms with Crippen LogP contribution in [0.2, 0.25) is 0 Å². The molecule has 2 aromatic carbocycles. The van der Waals surface area contributed by atoms with Gasteiger partial charge in [-0.3, -0.25) is 0 Å². The monoisotopic (exact) mass is 386 g/mol. The number of ether oxygens (including phenoxy) is 1. The first-order valence-electron chi connectivity index (χ1n) is 10.1. The Kier molecular flexibility index (Phi) is 7.99. The van der Waals surface area contributed by atoms with Gasteiger partial charge in [0.15, 0.2) is 0 Å². The van der Waals surface area contributed by atoms with Crippen LogP contribution in [0.4, 0.5) is 0 Å². The van der Waals surface area contributed by atoms with Gasteiger partial charge in [-0.2, -0.15) is 0 Å². The van der Waals surface area contributed by atoms with Crippen molar-refractivity contribution < 1.29 is 4.74 Å². The van der Waals surface area contributed by atoms with Crippen molar-refractivity contribution in [3.05, 3.63) is 119 Å². The Morgan fingerprint density at radius 1 is 0.793 bits per heavy atom. The van der Waals surface area contributed by atoms with Crippen molar-refractivity contribution in [1.82, 2.24) is 0 Å². The molecule has 0 saturated carbocycles. The summed E-state index contributed by atoms with van der Waals surface area (Å²) in [4.78, 5) is 0. The van der Waals surface area contributed by atoms with Crippen molar-refractivity contribution in [3.8, 4) is 0 Å². The molecule has 2 aromatic rings. The fourth-order valence-electron chi connectivity index (χ4n) is 3.70. The largest absolute Gasteiger partial charge is 0.357 e. The van der Waals surface area contributed by atoms with Gasteiger partial charge in [-0.1, -0.05) is 61.7 Å². The molecule has 0 spiro atoms. The highest BCUT2D eigenvalue weighted by Crippen LogP contribution is 2.37. The first-order chi connectivity index (χ1) is 13.8. The molecule has 0 aliphatic carbocycles. The summed E-state index contributed by atoms with van der Waals surface area (Å²) in [5.74, 6) is 0. The van der Waals surface area contributed by atoms with Crippen LogP contribution >= 0.6 is 0 Å². The van der Waals surface area contributed by atoms with Crippen LogP contribution in [-0.4, -0.2) is 0 Å². The Balaban J connectivity index is 2.41. The zero-order valence-electron chi connectivity index (χ0n) is 18.4. The lowest BCUT2D eigenvalue weighted by molar-refractivity contribution is 0.0260. The van der Waals surface area contributed by atoms with Crippen molar-refractivity contribution in [2.24, 2.45) is 0 Å². The van der Waals surface area contributed by atoms with Crippen molar-refractivity contribution in [2.45, 2.75) is 52.7 Å². The maximum atomic E-state index is 6.67. The number of aryl methyl sites for hydroxylation is 2. The zero-order chi connectivity index (χ0) is 21.6. The summed E-state index contributed by atoms with van der Waals surface area (Å²) in [5, 5.41) is 0. The number of allylic oxidation sites excluding steroid dienone is 2. The van der Waals surface area contributed by atoms with Gasteiger partial charge in [0.1, 0.15) is 12.2 Å². The molecule has 0 N–H and O–H groups in total. The summed E-state index contributed by atoms with van der Waals surface area (Å²) in [5.41, 5.74) is 9.19. The number of hydrogen-bond acceptors (Lipinski definition) is 1. The lowest BCUT2D eigenvalue weighted by Crippen LogP contribution is -2.14. The topological polar surface area (TPSA) is 9.23 Å². The minimum Gasteiger partial charge on any atom is -0.357 e. The molecule has 0 fully saturated rings. The van der Waals surface area contributed by atoms with Crippen molar-refractivity contribution >= 4 is 0 Å². The molecule has 0 saturated heterocycles. The van der Waals surface area contributed by atoms with Gasteiger partial charge in [-0.05, 0) is 85.1 Å². The SMILES string of the molecule is C=CCc1ccc(C(OC(C(=C)C)c2ccc(CC=C)cc2C)C(=C)C)c(C)c1. The van der Waals surface area contributed by atoms with E-state index in [9.17, 15) is 0 Å². The zero-order valence-corrected chi connectivity index (χ0v) is 18.4. The molecule has 2 unspecified atom stereocenters. The molecule has 2 rings (SSSR count). The number of hydrogen-bond donors (Lipinski definition) is 0. The summed E-state index contributed by atoms with van der Waals surface area (Å²) in [6.45, 7) is 24.4. The molecule has 0 aliphatic rings. The summed E-state index contributed by atoms with van der Waals surface area (Å²) in [6, 6.07) is 13.0. The van der Waals surface area contributed by atoms with E-state index in [0.29, 0.717) is 0 Å². The van der Waals surface area contributed by atoms with Crippen molar-refractivity contribution in [2.75, 3.05) is 0 Å². The van der Waals surface area contributed by atoms with Crippen LogP contribution in [0.3, 0.4) is 0 Å². The van der Waals surface area contributed by atoms with Gasteiger partial charge in [0.05, 0.1) is 0 Å². The molecule has 0 radical (unpaired) electrons. The van der Waals surface area contributed by atoms with Gasteiger partial charge in [-0.15, -0.1) is 13.2 Å². The lowest BCUT2D eigenvalue weighted by Gasteiger charge is -2.28.